The molecule has 1 aliphatic heterocycles. The van der Waals surface area contributed by atoms with E-state index in [2.05, 4.69) is 5.32 Å². The van der Waals surface area contributed by atoms with Crippen LogP contribution >= 0.6 is 0 Å². The topological polar surface area (TPSA) is 78.9 Å². The highest BCUT2D eigenvalue weighted by Gasteiger charge is 2.35. The van der Waals surface area contributed by atoms with Gasteiger partial charge < -0.3 is 20.1 Å². The summed E-state index contributed by atoms with van der Waals surface area (Å²) in [6.07, 6.45) is 3.03. The summed E-state index contributed by atoms with van der Waals surface area (Å²) >= 11 is 0. The van der Waals surface area contributed by atoms with E-state index in [9.17, 15) is 19.1 Å². The number of morpholine rings is 1. The second kappa shape index (κ2) is 9.58. The Hall–Kier alpha value is -2.77. The molecule has 0 bridgehead atoms. The Kier molecular flexibility index (Phi) is 6.63. The van der Waals surface area contributed by atoms with Crippen molar-refractivity contribution in [2.24, 2.45) is 5.92 Å². The molecule has 2 aromatic carbocycles. The highest BCUT2D eigenvalue weighted by atomic mass is 19.1. The highest BCUT2D eigenvalue weighted by Crippen LogP contribution is 2.29. The molecule has 1 saturated carbocycles. The maximum Gasteiger partial charge on any atom is 0.249 e. The number of anilines is 1. The maximum absolute atomic E-state index is 14.1. The zero-order valence-corrected chi connectivity index (χ0v) is 17.3. The predicted molar refractivity (Wildman–Crippen MR) is 114 cm³/mol. The lowest BCUT2D eigenvalue weighted by Crippen LogP contribution is -2.51. The molecule has 0 unspecified atom stereocenters. The van der Waals surface area contributed by atoms with E-state index in [1.165, 1.54) is 11.0 Å². The van der Waals surface area contributed by atoms with Gasteiger partial charge in [0.05, 0.1) is 12.6 Å². The molecule has 2 N–H and O–H groups in total. The lowest BCUT2D eigenvalue weighted by atomic mass is 9.99. The third-order valence-electron chi connectivity index (χ3n) is 6.14. The molecule has 2 amide bonds. The number of rotatable bonds is 6. The van der Waals surface area contributed by atoms with E-state index in [-0.39, 0.29) is 37.5 Å². The summed E-state index contributed by atoms with van der Waals surface area (Å²) in [5.41, 5.74) is 1.66. The summed E-state index contributed by atoms with van der Waals surface area (Å²) < 4.78 is 19.5. The second-order valence-electron chi connectivity index (χ2n) is 8.23. The third kappa shape index (κ3) is 4.94. The van der Waals surface area contributed by atoms with Crippen LogP contribution in [0.2, 0.25) is 0 Å². The van der Waals surface area contributed by atoms with Gasteiger partial charge in [0, 0.05) is 23.7 Å². The molecule has 2 aromatic rings. The van der Waals surface area contributed by atoms with E-state index in [1.807, 2.05) is 0 Å². The van der Waals surface area contributed by atoms with Crippen LogP contribution in [0.3, 0.4) is 0 Å². The molecule has 2 aliphatic rings. The fourth-order valence-corrected chi connectivity index (χ4v) is 4.32. The Bertz CT molecular complexity index is 927. The molecule has 2 atom stereocenters. The van der Waals surface area contributed by atoms with Crippen LogP contribution in [-0.4, -0.2) is 41.1 Å². The number of aliphatic hydroxyl groups excluding tert-OH is 1. The van der Waals surface area contributed by atoms with Crippen molar-refractivity contribution >= 4 is 17.5 Å². The van der Waals surface area contributed by atoms with Crippen LogP contribution in [-0.2, 0) is 20.9 Å². The van der Waals surface area contributed by atoms with Crippen LogP contribution < -0.4 is 5.32 Å². The smallest absolute Gasteiger partial charge is 0.249 e. The predicted octanol–water partition coefficient (Wildman–Crippen LogP) is 3.42. The Morgan fingerprint density at radius 1 is 1.16 bits per heavy atom. The Morgan fingerprint density at radius 2 is 1.87 bits per heavy atom. The lowest BCUT2D eigenvalue weighted by Gasteiger charge is -2.38. The van der Waals surface area contributed by atoms with Gasteiger partial charge in [0.2, 0.25) is 11.8 Å². The van der Waals surface area contributed by atoms with Crippen molar-refractivity contribution in [2.45, 2.75) is 44.4 Å². The van der Waals surface area contributed by atoms with Crippen molar-refractivity contribution in [2.75, 3.05) is 18.5 Å². The summed E-state index contributed by atoms with van der Waals surface area (Å²) in [5, 5.41) is 13.9. The van der Waals surface area contributed by atoms with Gasteiger partial charge >= 0.3 is 0 Å². The molecule has 0 aromatic heterocycles. The largest absolute Gasteiger partial charge is 0.386 e. The first-order valence-electron chi connectivity index (χ1n) is 10.7. The van der Waals surface area contributed by atoms with Gasteiger partial charge in [-0.15, -0.1) is 0 Å². The van der Waals surface area contributed by atoms with Crippen molar-refractivity contribution in [3.05, 3.63) is 65.5 Å². The van der Waals surface area contributed by atoms with Gasteiger partial charge in [-0.2, -0.15) is 0 Å². The number of ether oxygens (including phenoxy) is 1. The van der Waals surface area contributed by atoms with Crippen molar-refractivity contribution in [1.29, 1.82) is 0 Å². The number of hydrogen-bond acceptors (Lipinski definition) is 4. The minimum absolute atomic E-state index is 0.0353. The van der Waals surface area contributed by atoms with Crippen molar-refractivity contribution in [1.82, 2.24) is 4.90 Å². The number of aliphatic hydroxyl groups is 1. The lowest BCUT2D eigenvalue weighted by molar-refractivity contribution is -0.155. The summed E-state index contributed by atoms with van der Waals surface area (Å²) in [7, 11) is 0. The van der Waals surface area contributed by atoms with Crippen LogP contribution in [0, 0.1) is 11.7 Å². The van der Waals surface area contributed by atoms with E-state index >= 15 is 0 Å². The van der Waals surface area contributed by atoms with Gasteiger partial charge in [-0.1, -0.05) is 43.2 Å². The van der Waals surface area contributed by atoms with Crippen molar-refractivity contribution < 1.29 is 23.8 Å². The monoisotopic (exact) mass is 426 g/mol. The quantitative estimate of drug-likeness (QED) is 0.742. The Labute approximate surface area is 181 Å². The van der Waals surface area contributed by atoms with Gasteiger partial charge in [-0.05, 0) is 36.6 Å². The van der Waals surface area contributed by atoms with Crippen LogP contribution in [0.25, 0.3) is 0 Å². The number of hydrogen-bond donors (Lipinski definition) is 2. The number of halogens is 1. The van der Waals surface area contributed by atoms with Crippen LogP contribution in [0.5, 0.6) is 0 Å². The minimum atomic E-state index is -1.00. The molecule has 2 fully saturated rings. The number of carbonyl (C=O) groups is 2. The van der Waals surface area contributed by atoms with E-state index in [0.29, 0.717) is 16.8 Å². The first-order chi connectivity index (χ1) is 15.0. The van der Waals surface area contributed by atoms with E-state index in [1.54, 1.807) is 42.5 Å². The van der Waals surface area contributed by atoms with E-state index < -0.39 is 18.0 Å². The number of benzene rings is 2. The average molecular weight is 426 g/mol. The van der Waals surface area contributed by atoms with Crippen molar-refractivity contribution in [3.63, 3.8) is 0 Å². The highest BCUT2D eigenvalue weighted by molar-refractivity contribution is 5.92. The molecule has 1 aliphatic carbocycles. The van der Waals surface area contributed by atoms with E-state index in [0.717, 1.165) is 25.7 Å². The molecule has 1 saturated heterocycles. The Balaban J connectivity index is 1.46. The van der Waals surface area contributed by atoms with Gasteiger partial charge in [0.25, 0.3) is 0 Å². The molecule has 31 heavy (non-hydrogen) atoms. The molecule has 1 heterocycles. The van der Waals surface area contributed by atoms with Crippen LogP contribution in [0.4, 0.5) is 10.1 Å². The molecule has 7 heteroatoms. The number of amides is 2. The normalized spacial score (nSPS) is 20.6. The fourth-order valence-electron chi connectivity index (χ4n) is 4.32. The molecule has 4 rings (SSSR count). The molecule has 0 radical (unpaired) electrons. The van der Waals surface area contributed by atoms with Crippen LogP contribution in [0.1, 0.15) is 42.9 Å². The Morgan fingerprint density at radius 3 is 2.58 bits per heavy atom. The maximum atomic E-state index is 14.1. The summed E-state index contributed by atoms with van der Waals surface area (Å²) in [6.45, 7) is 0.122. The first kappa shape index (κ1) is 21.5. The zero-order valence-electron chi connectivity index (χ0n) is 17.3. The van der Waals surface area contributed by atoms with Gasteiger partial charge in [0.15, 0.2) is 0 Å². The molecule has 164 valence electrons. The van der Waals surface area contributed by atoms with E-state index in [4.69, 9.17) is 4.74 Å². The zero-order chi connectivity index (χ0) is 21.8. The fraction of sp³-hybridized carbons (Fsp3) is 0.417. The molecular formula is C24H27FN2O4. The van der Waals surface area contributed by atoms with Crippen LogP contribution in [0.15, 0.2) is 48.5 Å². The number of nitrogens with one attached hydrogen (secondary N) is 1. The summed E-state index contributed by atoms with van der Waals surface area (Å²) in [5.74, 6) is -0.577. The van der Waals surface area contributed by atoms with Crippen molar-refractivity contribution in [3.8, 4) is 0 Å². The molecule has 0 spiro atoms. The first-order valence-corrected chi connectivity index (χ1v) is 10.7. The molecule has 6 nitrogen and oxygen atoms in total. The van der Waals surface area contributed by atoms with Gasteiger partial charge in [-0.3, -0.25) is 9.59 Å². The SMILES string of the molecule is O=C(Nc1ccc([C@@H](O)[C@H]2COCC(=O)N2Cc2ccccc2F)cc1)C1CCCC1. The molecular weight excluding hydrogens is 399 g/mol. The summed E-state index contributed by atoms with van der Waals surface area (Å²) in [4.78, 5) is 26.3. The van der Waals surface area contributed by atoms with Gasteiger partial charge in [0.1, 0.15) is 18.5 Å². The van der Waals surface area contributed by atoms with Gasteiger partial charge in [-0.25, -0.2) is 4.39 Å². The minimum Gasteiger partial charge on any atom is -0.386 e. The third-order valence-corrected chi connectivity index (χ3v) is 6.14. The number of carbonyl (C=O) groups excluding carboxylic acids is 2. The summed E-state index contributed by atoms with van der Waals surface area (Å²) in [6, 6.07) is 12.6. The number of nitrogens with zero attached hydrogens (tertiary/aromatic N) is 1. The average Bonchev–Trinajstić information content (AvgIpc) is 3.32. The standard InChI is InChI=1S/C24H27FN2O4/c25-20-8-4-3-7-18(20)13-27-21(14-31-15-22(27)28)23(29)16-9-11-19(12-10-16)26-24(30)17-5-1-2-6-17/h3-4,7-12,17,21,23,29H,1-2,5-6,13-15H2,(H,26,30)/t21-,23-/m1/s1. The second-order valence-corrected chi connectivity index (χ2v) is 8.23.